The fourth-order valence-electron chi connectivity index (χ4n) is 11.6. The van der Waals surface area contributed by atoms with E-state index in [1.165, 1.54) is 198 Å². The van der Waals surface area contributed by atoms with Gasteiger partial charge >= 0.3 is 0 Å². The van der Waals surface area contributed by atoms with Crippen molar-refractivity contribution < 1.29 is 0 Å². The van der Waals surface area contributed by atoms with E-state index in [9.17, 15) is 0 Å². The number of hydrogen-bond acceptors (Lipinski definition) is 2. The van der Waals surface area contributed by atoms with E-state index in [0.717, 1.165) is 61.4 Å². The van der Waals surface area contributed by atoms with Crippen LogP contribution in [-0.2, 0) is 12.8 Å². The van der Waals surface area contributed by atoms with Gasteiger partial charge < -0.3 is 10.6 Å². The van der Waals surface area contributed by atoms with Crippen LogP contribution < -0.4 is 10.6 Å². The van der Waals surface area contributed by atoms with E-state index in [2.05, 4.69) is 98.1 Å². The molecule has 4 saturated carbocycles. The molecule has 0 heterocycles. The Kier molecular flexibility index (Phi) is 19.7. The molecule has 3 aromatic rings. The van der Waals surface area contributed by atoms with Gasteiger partial charge in [0.2, 0.25) is 0 Å². The fraction of sp³-hybridized carbons (Fsp3) is 0.643. The average Bonchev–Trinajstić information content (AvgIpc) is 3.32. The first-order valence-corrected chi connectivity index (χ1v) is 29.1. The molecule has 4 fully saturated rings. The van der Waals surface area contributed by atoms with Gasteiger partial charge in [0.1, 0.15) is 11.2 Å². The number of unbranched alkanes of at least 4 members (excludes halogenated alkanes) is 2. The predicted octanol–water partition coefficient (Wildman–Crippen LogP) is 17.3. The van der Waals surface area contributed by atoms with Crippen molar-refractivity contribution in [2.24, 2.45) is 9.98 Å². The Morgan fingerprint density at radius 1 is 0.484 bits per heavy atom. The lowest BCUT2D eigenvalue weighted by Crippen LogP contribution is -2.28. The molecular formula is C56H84N4P2. The highest BCUT2D eigenvalue weighted by atomic mass is 31.1. The molecule has 0 unspecified atom stereocenters. The summed E-state index contributed by atoms with van der Waals surface area (Å²) in [6.07, 6.45) is 36.2. The summed E-state index contributed by atoms with van der Waals surface area (Å²) < 4.78 is 0. The molecule has 338 valence electrons. The Hall–Kier alpha value is -2.54. The molecule has 0 aromatic heterocycles. The molecular weight excluding hydrogens is 791 g/mol. The monoisotopic (exact) mass is 875 g/mol. The summed E-state index contributed by atoms with van der Waals surface area (Å²) in [5.74, 6) is 0. The van der Waals surface area contributed by atoms with E-state index in [1.807, 2.05) is 0 Å². The van der Waals surface area contributed by atoms with Gasteiger partial charge in [-0.05, 0) is 151 Å². The number of aryl methyl sites for hydroxylation is 3. The minimum Gasteiger partial charge on any atom is -0.340 e. The van der Waals surface area contributed by atoms with Crippen LogP contribution in [0.2, 0.25) is 0 Å². The second kappa shape index (κ2) is 25.8. The van der Waals surface area contributed by atoms with Crippen LogP contribution in [0.25, 0.3) is 11.1 Å². The predicted molar refractivity (Wildman–Crippen MR) is 278 cm³/mol. The van der Waals surface area contributed by atoms with E-state index in [4.69, 9.17) is 9.98 Å². The van der Waals surface area contributed by atoms with Gasteiger partial charge in [0.15, 0.2) is 0 Å². The standard InChI is InChI=1S/C56H84N4P2/c1-4-26-46-31-25-32-47(27-5-2)54(46)60-56(62(50-37-18-9-19-38-50)51-39-20-10-21-40-51)58-43-23-11-22-42-57-55(61(48-33-14-7-15-34-48)49-35-16-8-17-36-49)59-53-44(3)28-24-41-52(53)45-29-12-6-13-30-45/h6,12-13,24-25,28-32,41,48-51H,4-5,7-11,14-23,26-27,33-40,42-43H2,1-3H3,(H,57,59)(H,58,60). The van der Waals surface area contributed by atoms with Crippen LogP contribution in [0.15, 0.2) is 76.7 Å². The van der Waals surface area contributed by atoms with E-state index in [-0.39, 0.29) is 15.8 Å². The van der Waals surface area contributed by atoms with E-state index < -0.39 is 0 Å². The van der Waals surface area contributed by atoms with Crippen molar-refractivity contribution in [3.05, 3.63) is 83.4 Å². The van der Waals surface area contributed by atoms with Crippen molar-refractivity contribution >= 4 is 38.4 Å². The maximum Gasteiger partial charge on any atom is 0.124 e. The first kappa shape index (κ1) is 47.4. The fourth-order valence-corrected chi connectivity index (χ4v) is 18.8. The van der Waals surface area contributed by atoms with Gasteiger partial charge in [-0.1, -0.05) is 170 Å². The summed E-state index contributed by atoms with van der Waals surface area (Å²) in [6.45, 7) is 8.83. The molecule has 0 aliphatic heterocycles. The second-order valence-electron chi connectivity index (χ2n) is 19.5. The van der Waals surface area contributed by atoms with Crippen molar-refractivity contribution in [1.29, 1.82) is 0 Å². The normalized spacial score (nSPS) is 19.4. The molecule has 4 aliphatic rings. The third kappa shape index (κ3) is 13.3. The van der Waals surface area contributed by atoms with Gasteiger partial charge in [-0.2, -0.15) is 0 Å². The molecule has 0 spiro atoms. The molecule has 3 aromatic carbocycles. The number of amidine groups is 2. The average molecular weight is 875 g/mol. The number of hydrogen-bond donors (Lipinski definition) is 2. The van der Waals surface area contributed by atoms with Crippen LogP contribution in [0, 0.1) is 6.92 Å². The summed E-state index contributed by atoms with van der Waals surface area (Å²) in [4.78, 5) is 11.5. The zero-order valence-corrected chi connectivity index (χ0v) is 41.2. The first-order valence-electron chi connectivity index (χ1n) is 26.1. The van der Waals surface area contributed by atoms with Crippen LogP contribution in [-0.4, -0.2) is 46.9 Å². The summed E-state index contributed by atoms with van der Waals surface area (Å²) >= 11 is 0. The zero-order chi connectivity index (χ0) is 42.8. The molecule has 62 heavy (non-hydrogen) atoms. The molecule has 0 bridgehead atoms. The molecule has 6 heteroatoms. The maximum atomic E-state index is 5.75. The molecule has 0 amide bonds. The van der Waals surface area contributed by atoms with Gasteiger partial charge in [0, 0.05) is 24.3 Å². The Morgan fingerprint density at radius 2 is 0.903 bits per heavy atom. The van der Waals surface area contributed by atoms with Crippen molar-refractivity contribution in [3.63, 3.8) is 0 Å². The van der Waals surface area contributed by atoms with Gasteiger partial charge in [-0.15, -0.1) is 0 Å². The van der Waals surface area contributed by atoms with Crippen LogP contribution >= 0.6 is 15.8 Å². The summed E-state index contributed by atoms with van der Waals surface area (Å²) in [5.41, 5.74) is 15.7. The highest BCUT2D eigenvalue weighted by molar-refractivity contribution is 7.77. The lowest BCUT2D eigenvalue weighted by molar-refractivity contribution is 0.487. The molecule has 0 radical (unpaired) electrons. The van der Waals surface area contributed by atoms with Crippen molar-refractivity contribution in [3.8, 4) is 11.1 Å². The summed E-state index contributed by atoms with van der Waals surface area (Å²) in [6, 6.07) is 25.0. The number of anilines is 2. The smallest absolute Gasteiger partial charge is 0.124 e. The van der Waals surface area contributed by atoms with Gasteiger partial charge in [-0.3, -0.25) is 9.98 Å². The number of para-hydroxylation sites is 2. The number of benzene rings is 3. The Morgan fingerprint density at radius 3 is 1.34 bits per heavy atom. The second-order valence-corrected chi connectivity index (χ2v) is 24.9. The zero-order valence-electron chi connectivity index (χ0n) is 39.5. The maximum absolute atomic E-state index is 5.75. The highest BCUT2D eigenvalue weighted by Crippen LogP contribution is 2.58. The molecule has 4 aliphatic carbocycles. The van der Waals surface area contributed by atoms with Crippen LogP contribution in [0.3, 0.4) is 0 Å². The van der Waals surface area contributed by atoms with Gasteiger partial charge in [0.05, 0.1) is 5.69 Å². The molecule has 7 rings (SSSR count). The van der Waals surface area contributed by atoms with Crippen LogP contribution in [0.1, 0.15) is 191 Å². The minimum atomic E-state index is -0.360. The Bertz CT molecular complexity index is 1750. The minimum absolute atomic E-state index is 0.320. The van der Waals surface area contributed by atoms with Crippen LogP contribution in [0.5, 0.6) is 0 Å². The van der Waals surface area contributed by atoms with Gasteiger partial charge in [-0.25, -0.2) is 0 Å². The van der Waals surface area contributed by atoms with E-state index >= 15 is 0 Å². The number of nitrogens with zero attached hydrogens (tertiary/aromatic N) is 2. The molecule has 0 atom stereocenters. The Labute approximate surface area is 381 Å². The lowest BCUT2D eigenvalue weighted by atomic mass is 9.99. The third-order valence-corrected chi connectivity index (χ3v) is 21.5. The summed E-state index contributed by atoms with van der Waals surface area (Å²) in [7, 11) is -0.680. The van der Waals surface area contributed by atoms with E-state index in [0.29, 0.717) is 0 Å². The third-order valence-electron chi connectivity index (χ3n) is 14.8. The van der Waals surface area contributed by atoms with Crippen molar-refractivity contribution in [2.75, 3.05) is 23.7 Å². The molecule has 4 nitrogen and oxygen atoms in total. The first-order chi connectivity index (χ1) is 30.6. The van der Waals surface area contributed by atoms with Crippen molar-refractivity contribution in [2.45, 2.75) is 217 Å². The largest absolute Gasteiger partial charge is 0.340 e. The number of rotatable bonds is 19. The summed E-state index contributed by atoms with van der Waals surface area (Å²) in [5, 5.41) is 8.47. The quantitative estimate of drug-likeness (QED) is 0.0546. The number of aliphatic imine (C=N–C) groups is 2. The molecule has 0 saturated heterocycles. The number of nitrogens with one attached hydrogen (secondary N) is 2. The lowest BCUT2D eigenvalue weighted by Gasteiger charge is -2.39. The topological polar surface area (TPSA) is 48.8 Å². The SMILES string of the molecule is CCCc1cccc(CCC)c1NC(=NCCCCCN=C(Nc1c(C)cccc1-c1ccccc1)P(C1CCCCC1)C1CCCCC1)P(C1CCCCC1)C1CCCCC1. The Balaban J connectivity index is 1.12. The van der Waals surface area contributed by atoms with Crippen LogP contribution in [0.4, 0.5) is 11.4 Å². The molecule has 2 N–H and O–H groups in total. The van der Waals surface area contributed by atoms with E-state index in [1.54, 1.807) is 0 Å². The van der Waals surface area contributed by atoms with Crippen molar-refractivity contribution in [1.82, 2.24) is 0 Å². The van der Waals surface area contributed by atoms with Gasteiger partial charge in [0.25, 0.3) is 0 Å². The highest BCUT2D eigenvalue weighted by Gasteiger charge is 2.37.